The molecule has 0 atom stereocenters. The molecule has 0 bridgehead atoms. The van der Waals surface area contributed by atoms with Crippen molar-refractivity contribution in [3.8, 4) is 0 Å². The molecule has 5 radical (unpaired) electrons. The molecule has 10 N–H and O–H groups in total. The fraction of sp³-hybridized carbons (Fsp3) is 0.234. The number of aliphatic hydroxyl groups is 4. The van der Waals surface area contributed by atoms with Crippen molar-refractivity contribution in [3.63, 3.8) is 0 Å². The third-order valence-corrected chi connectivity index (χ3v) is 9.09. The minimum absolute atomic E-state index is 0. The Balaban J connectivity index is -0.000000266. The first-order valence-electron chi connectivity index (χ1n) is 20.6. The van der Waals surface area contributed by atoms with Crippen LogP contribution in [0.15, 0.2) is 106 Å². The van der Waals surface area contributed by atoms with Crippen LogP contribution in [0.2, 0.25) is 0 Å². The number of amidine groups is 2. The molecule has 2 aliphatic heterocycles. The van der Waals surface area contributed by atoms with Crippen molar-refractivity contribution in [2.45, 2.75) is 73.4 Å². The van der Waals surface area contributed by atoms with E-state index >= 15 is 0 Å². The van der Waals surface area contributed by atoms with Crippen LogP contribution in [-0.4, -0.2) is 64.8 Å². The molecule has 0 aromatic heterocycles. The summed E-state index contributed by atoms with van der Waals surface area (Å²) in [4.78, 5) is 61.0. The molecule has 29 heteroatoms. The van der Waals surface area contributed by atoms with E-state index < -0.39 is 21.4 Å². The van der Waals surface area contributed by atoms with Crippen molar-refractivity contribution in [1.82, 2.24) is 0 Å². The summed E-state index contributed by atoms with van der Waals surface area (Å²) in [5.74, 6) is -0.462. The molecule has 0 unspecified atom stereocenters. The number of halogens is 1. The third kappa shape index (κ3) is 30.6. The molecule has 76 heavy (non-hydrogen) atoms. The van der Waals surface area contributed by atoms with Crippen molar-refractivity contribution in [2.24, 2.45) is 15.0 Å². The number of thiocarbonyl (C=S) groups is 1. The number of aliphatic imine (C=N–C) groups is 3. The van der Waals surface area contributed by atoms with Gasteiger partial charge in [0.05, 0.1) is 41.4 Å². The average molecular weight is 1440 g/mol. The zero-order chi connectivity index (χ0) is 52.5. The Morgan fingerprint density at radius 2 is 1.00 bits per heavy atom. The molecule has 2 heterocycles. The number of amides is 3. The quantitative estimate of drug-likeness (QED) is 0.0333. The van der Waals surface area contributed by atoms with Gasteiger partial charge in [-0.3, -0.25) is 34.6 Å². The van der Waals surface area contributed by atoms with Crippen LogP contribution in [0.3, 0.4) is 0 Å². The van der Waals surface area contributed by atoms with Crippen molar-refractivity contribution >= 4 is 86.6 Å². The van der Waals surface area contributed by atoms with Gasteiger partial charge in [0.1, 0.15) is 11.8 Å². The maximum Gasteiger partial charge on any atom is 0.304 e. The number of anilines is 1. The number of nitro groups is 2. The van der Waals surface area contributed by atoms with Crippen LogP contribution >= 0.6 is 12.2 Å². The molecule has 393 valence electrons. The standard InChI is InChI=1S/C12H14N2O.C11H12N2O2.C7H6FNO3.C7H7N2O3.C7H9N2O.C3H3NOS.H2N.5Y/c1-3-9-4-5-10-7-12(13-8(2)15)14-11(10)6-9;1-7(15)12-11-5-9-3-2-8(6-14)4-10(9)13-11;2*8-6-3-5(4-10)1-2-7(6)9(11)12;8-6-2-1-5(4-10)3-7(6)9;1-3(5)4-2-6;;;;;;/h4-6H,3,7H2,1-2H3,(H,13,14,15);2-4,14H,5-6H2,1H3,(H,12,13,15);1-3,10H,4H2;1-3,8,10H,4H2;1-3,9-10H,4,8H2;1H3;1H2;;;;;/q;;;2*-1;;-1;;;;;/p-2. The van der Waals surface area contributed by atoms with Crippen molar-refractivity contribution in [3.05, 3.63) is 184 Å². The number of aliphatic hydroxyl groups excluding tert-OH is 4. The van der Waals surface area contributed by atoms with Crippen LogP contribution in [0.25, 0.3) is 28.3 Å². The number of rotatable bonds is 7. The van der Waals surface area contributed by atoms with E-state index in [-0.39, 0.29) is 231 Å². The monoisotopic (exact) mass is 1440 g/mol. The second-order valence-corrected chi connectivity index (χ2v) is 14.6. The number of benzene rings is 5. The van der Waals surface area contributed by atoms with Crippen LogP contribution in [0.1, 0.15) is 66.6 Å². The smallest absolute Gasteiger partial charge is 0.304 e. The first-order chi connectivity index (χ1) is 33.2. The Bertz CT molecular complexity index is 2670. The molecule has 7 rings (SSSR count). The fourth-order valence-electron chi connectivity index (χ4n) is 5.64. The van der Waals surface area contributed by atoms with Crippen LogP contribution < -0.4 is 5.73 Å². The molecular weight excluding hydrogens is 1390 g/mol. The van der Waals surface area contributed by atoms with Gasteiger partial charge in [-0.05, 0) is 120 Å². The summed E-state index contributed by atoms with van der Waals surface area (Å²) in [6.07, 6.45) is 2.28. The predicted molar refractivity (Wildman–Crippen MR) is 272 cm³/mol. The molecule has 3 amide bonds. The summed E-state index contributed by atoms with van der Waals surface area (Å²) in [5, 5.41) is 65.6. The number of nitro benzene ring substituents is 2. The summed E-state index contributed by atoms with van der Waals surface area (Å²) < 4.78 is 12.7. The first-order valence-corrected chi connectivity index (χ1v) is 21.0. The first kappa shape index (κ1) is 82.1. The van der Waals surface area contributed by atoms with Crippen LogP contribution in [0.4, 0.5) is 44.2 Å². The average Bonchev–Trinajstić information content (AvgIpc) is 3.91. The molecule has 22 nitrogen and oxygen atoms in total. The van der Waals surface area contributed by atoms with E-state index in [4.69, 9.17) is 37.6 Å². The van der Waals surface area contributed by atoms with E-state index in [1.54, 1.807) is 18.2 Å². The van der Waals surface area contributed by atoms with Gasteiger partial charge in [-0.25, -0.2) is 0 Å². The van der Waals surface area contributed by atoms with Gasteiger partial charge < -0.3 is 64.4 Å². The largest absolute Gasteiger partial charge is 0.697 e. The number of hydrogen-bond donors (Lipinski definition) is 5. The minimum atomic E-state index is -0.924. The van der Waals surface area contributed by atoms with Gasteiger partial charge in [-0.1, -0.05) is 78.9 Å². The van der Waals surface area contributed by atoms with Gasteiger partial charge in [0, 0.05) is 188 Å². The fourth-order valence-corrected chi connectivity index (χ4v) is 5.77. The Morgan fingerprint density at radius 3 is 1.34 bits per heavy atom. The summed E-state index contributed by atoms with van der Waals surface area (Å²) >= 11 is 4.09. The van der Waals surface area contributed by atoms with E-state index in [9.17, 15) is 39.0 Å². The molecule has 0 fully saturated rings. The van der Waals surface area contributed by atoms with Crippen molar-refractivity contribution in [2.75, 3.05) is 5.73 Å². The Kier molecular flexibility index (Phi) is 47.7. The number of fused-ring (bicyclic) bond motifs is 2. The van der Waals surface area contributed by atoms with Crippen LogP contribution in [-0.2, 0) is 224 Å². The predicted octanol–water partition coefficient (Wildman–Crippen LogP) is 10.2. The van der Waals surface area contributed by atoms with Crippen LogP contribution in [0, 0.1) is 26.0 Å². The van der Waals surface area contributed by atoms with Crippen molar-refractivity contribution in [1.29, 1.82) is 0 Å². The van der Waals surface area contributed by atoms with E-state index in [0.29, 0.717) is 41.3 Å². The number of nitrogens with one attached hydrogen (secondary N) is 2. The van der Waals surface area contributed by atoms with Gasteiger partial charge >= 0.3 is 5.69 Å². The maximum absolute atomic E-state index is 12.7. The number of carbonyl (C=O) groups is 3. The number of aryl methyl sites for hydroxylation is 1. The van der Waals surface area contributed by atoms with Gasteiger partial charge in [0.2, 0.25) is 5.82 Å². The second-order valence-electron chi connectivity index (χ2n) is 14.4. The summed E-state index contributed by atoms with van der Waals surface area (Å²) in [6.45, 7) is 5.72. The molecular formula is C47H51FN11O11SY5-5. The zero-order valence-electron chi connectivity index (χ0n) is 41.7. The third-order valence-electron chi connectivity index (χ3n) is 8.99. The number of nitrogens with two attached hydrogens (primary N) is 2. The normalized spacial score (nSPS) is 11.3. The summed E-state index contributed by atoms with van der Waals surface area (Å²) in [5.41, 5.74) is 27.1. The number of nitrogens with zero attached hydrogens (tertiary/aromatic N) is 7. The molecule has 5 aromatic rings. The number of hydrogen-bond acceptors (Lipinski definition) is 13. The second kappa shape index (κ2) is 44.1. The van der Waals surface area contributed by atoms with Gasteiger partial charge in [-0.15, -0.1) is 5.69 Å². The number of nitrogen functional groups attached to an aromatic ring is 1. The van der Waals surface area contributed by atoms with Gasteiger partial charge in [-0.2, -0.15) is 9.38 Å². The molecule has 0 saturated heterocycles. The summed E-state index contributed by atoms with van der Waals surface area (Å²) in [6, 6.07) is 23.9. The van der Waals surface area contributed by atoms with Crippen LogP contribution in [0.5, 0.6) is 0 Å². The Hall–Kier alpha value is -2.70. The van der Waals surface area contributed by atoms with E-state index in [1.807, 2.05) is 23.4 Å². The molecule has 0 saturated carbocycles. The minimum Gasteiger partial charge on any atom is -0.697 e. The Labute approximate surface area is 569 Å². The topological polar surface area (TPSA) is 391 Å². The van der Waals surface area contributed by atoms with E-state index in [0.717, 1.165) is 52.2 Å². The molecule has 0 spiro atoms. The number of carbonyl (C=O) groups excluding carboxylic acids is 3. The van der Waals surface area contributed by atoms with Gasteiger partial charge in [0.15, 0.2) is 0 Å². The molecule has 5 aromatic carbocycles. The zero-order valence-corrected chi connectivity index (χ0v) is 56.7. The van der Waals surface area contributed by atoms with E-state index in [1.165, 1.54) is 50.6 Å². The SMILES string of the molecule is CC(=O)N=C1Cc2ccc(CO)cc2[N-]1.CC(=O)N=C=S.CCc1ccc2c(c1)[N-]C(=NC(C)=O)C2.O=[N+]([O-])c1ccc(CO)cc1F.[NH-]c1cc(CO)ccc1N.[NH-]c1cc(CO)ccc1[N+](=O)[O-].[NH2-].[Y].[Y].[Y].[Y].[Y]. The molecule has 2 aliphatic rings. The van der Waals surface area contributed by atoms with Gasteiger partial charge in [0.25, 0.3) is 11.6 Å². The number of isothiocyanates is 1. The molecule has 0 aliphatic carbocycles. The van der Waals surface area contributed by atoms with E-state index in [2.05, 4.69) is 63.0 Å². The Morgan fingerprint density at radius 1 is 0.632 bits per heavy atom. The summed E-state index contributed by atoms with van der Waals surface area (Å²) in [7, 11) is 0. The van der Waals surface area contributed by atoms with Crippen molar-refractivity contribution < 1.29 is 213 Å². The maximum atomic E-state index is 12.7.